The van der Waals surface area contributed by atoms with Crippen LogP contribution in [0.4, 0.5) is 0 Å². The number of aliphatic hydroxyl groups is 1. The van der Waals surface area contributed by atoms with Crippen molar-refractivity contribution in [3.63, 3.8) is 0 Å². The van der Waals surface area contributed by atoms with Crippen molar-refractivity contribution < 1.29 is 18.3 Å². The molecule has 1 heterocycles. The van der Waals surface area contributed by atoms with Gasteiger partial charge in [-0.05, 0) is 31.5 Å². The summed E-state index contributed by atoms with van der Waals surface area (Å²) in [7, 11) is -3.74. The van der Waals surface area contributed by atoms with Crippen molar-refractivity contribution in [2.75, 3.05) is 45.9 Å². The van der Waals surface area contributed by atoms with Gasteiger partial charge in [-0.1, -0.05) is 12.1 Å². The van der Waals surface area contributed by atoms with Gasteiger partial charge in [0.15, 0.2) is 5.96 Å². The van der Waals surface area contributed by atoms with Gasteiger partial charge < -0.3 is 20.5 Å². The van der Waals surface area contributed by atoms with Gasteiger partial charge in [-0.2, -0.15) is 0 Å². The summed E-state index contributed by atoms with van der Waals surface area (Å²) in [4.78, 5) is 6.71. The molecule has 1 aromatic rings. The number of hydrogen-bond donors (Lipinski definition) is 4. The highest BCUT2D eigenvalue weighted by Gasteiger charge is 2.25. The summed E-state index contributed by atoms with van der Waals surface area (Å²) in [6.45, 7) is 8.54. The van der Waals surface area contributed by atoms with E-state index in [1.807, 2.05) is 6.92 Å². The van der Waals surface area contributed by atoms with E-state index in [1.165, 1.54) is 12.1 Å². The van der Waals surface area contributed by atoms with Crippen molar-refractivity contribution in [1.29, 1.82) is 0 Å². The molecule has 11 heteroatoms. The lowest BCUT2D eigenvalue weighted by Crippen LogP contribution is -2.52. The number of morpholine rings is 1. The quantitative estimate of drug-likeness (QED) is 0.209. The maximum atomic E-state index is 11.5. The van der Waals surface area contributed by atoms with Gasteiger partial charge >= 0.3 is 0 Å². The molecule has 0 saturated carbocycles. The fourth-order valence-electron chi connectivity index (χ4n) is 2.90. The second-order valence-electron chi connectivity index (χ2n) is 7.13. The van der Waals surface area contributed by atoms with E-state index in [4.69, 9.17) is 9.88 Å². The molecule has 1 fully saturated rings. The van der Waals surface area contributed by atoms with Crippen LogP contribution in [0.15, 0.2) is 34.2 Å². The molecule has 0 amide bonds. The second-order valence-corrected chi connectivity index (χ2v) is 8.69. The van der Waals surface area contributed by atoms with Crippen molar-refractivity contribution in [3.05, 3.63) is 29.8 Å². The van der Waals surface area contributed by atoms with Gasteiger partial charge in [-0.15, -0.1) is 24.0 Å². The standard InChI is InChI=1S/C18H31N5O4S.HI/c1-3-20-17(21-12-15-5-4-6-16(11-15)28(19,25)26)22-13-18(2,24)14-23-7-9-27-10-8-23;/h4-6,11,24H,3,7-10,12-14H2,1-2H3,(H2,19,25,26)(H2,20,21,22);1H. The van der Waals surface area contributed by atoms with Gasteiger partial charge in [-0.25, -0.2) is 18.5 Å². The largest absolute Gasteiger partial charge is 0.387 e. The topological polar surface area (TPSA) is 129 Å². The minimum Gasteiger partial charge on any atom is -0.387 e. The number of rotatable bonds is 8. The lowest BCUT2D eigenvalue weighted by Gasteiger charge is -2.34. The van der Waals surface area contributed by atoms with Crippen molar-refractivity contribution in [1.82, 2.24) is 15.5 Å². The second kappa shape index (κ2) is 12.0. The molecule has 166 valence electrons. The maximum Gasteiger partial charge on any atom is 0.238 e. The number of benzene rings is 1. The van der Waals surface area contributed by atoms with Crippen molar-refractivity contribution in [2.45, 2.75) is 30.9 Å². The number of nitrogens with one attached hydrogen (secondary N) is 2. The Morgan fingerprint density at radius 2 is 2.03 bits per heavy atom. The lowest BCUT2D eigenvalue weighted by molar-refractivity contribution is -0.0201. The van der Waals surface area contributed by atoms with E-state index in [-0.39, 0.29) is 35.4 Å². The number of β-amino-alcohol motifs (C(OH)–C–C–N with tert-alkyl or cyclic N) is 1. The van der Waals surface area contributed by atoms with E-state index in [0.29, 0.717) is 38.8 Å². The van der Waals surface area contributed by atoms with Crippen LogP contribution >= 0.6 is 24.0 Å². The van der Waals surface area contributed by atoms with Crippen LogP contribution in [0.5, 0.6) is 0 Å². The Balaban J connectivity index is 0.00000420. The summed E-state index contributed by atoms with van der Waals surface area (Å²) >= 11 is 0. The molecular formula is C18H32IN5O4S. The third-order valence-electron chi connectivity index (χ3n) is 4.30. The fraction of sp³-hybridized carbons (Fsp3) is 0.611. The Labute approximate surface area is 190 Å². The summed E-state index contributed by atoms with van der Waals surface area (Å²) in [5.74, 6) is 0.547. The predicted molar refractivity (Wildman–Crippen MR) is 124 cm³/mol. The molecule has 1 unspecified atom stereocenters. The summed E-state index contributed by atoms with van der Waals surface area (Å²) in [6.07, 6.45) is 0. The molecule has 1 atom stereocenters. The number of halogens is 1. The van der Waals surface area contributed by atoms with Gasteiger partial charge in [0.1, 0.15) is 0 Å². The predicted octanol–water partition coefficient (Wildman–Crippen LogP) is 0.0903. The molecule has 0 aliphatic carbocycles. The molecule has 0 spiro atoms. The maximum absolute atomic E-state index is 11.5. The van der Waals surface area contributed by atoms with Crippen LogP contribution in [0.3, 0.4) is 0 Å². The Hall–Kier alpha value is -0.990. The molecule has 0 bridgehead atoms. The molecule has 1 aliphatic rings. The average Bonchev–Trinajstić information content (AvgIpc) is 2.64. The SMILES string of the molecule is CCNC(=NCc1cccc(S(N)(=O)=O)c1)NCC(C)(O)CN1CCOCC1.I. The summed E-state index contributed by atoms with van der Waals surface area (Å²) < 4.78 is 28.3. The fourth-order valence-corrected chi connectivity index (χ4v) is 3.49. The number of hydrogen-bond acceptors (Lipinski definition) is 6. The van der Waals surface area contributed by atoms with Gasteiger partial charge in [-0.3, -0.25) is 4.90 Å². The van der Waals surface area contributed by atoms with E-state index in [0.717, 1.165) is 18.7 Å². The first-order valence-corrected chi connectivity index (χ1v) is 10.9. The van der Waals surface area contributed by atoms with Crippen LogP contribution in [0.1, 0.15) is 19.4 Å². The lowest BCUT2D eigenvalue weighted by atomic mass is 10.1. The molecule has 1 saturated heterocycles. The van der Waals surface area contributed by atoms with Crippen LogP contribution in [0, 0.1) is 0 Å². The van der Waals surface area contributed by atoms with E-state index < -0.39 is 15.6 Å². The van der Waals surface area contributed by atoms with E-state index >= 15 is 0 Å². The number of ether oxygens (including phenoxy) is 1. The number of aliphatic imine (C=N–C) groups is 1. The molecule has 9 nitrogen and oxygen atoms in total. The highest BCUT2D eigenvalue weighted by molar-refractivity contribution is 14.0. The van der Waals surface area contributed by atoms with Gasteiger partial charge in [0.2, 0.25) is 10.0 Å². The Kier molecular flexibility index (Phi) is 10.8. The number of guanidine groups is 1. The van der Waals surface area contributed by atoms with E-state index in [2.05, 4.69) is 20.5 Å². The Bertz CT molecular complexity index is 767. The minimum atomic E-state index is -3.74. The van der Waals surface area contributed by atoms with Crippen molar-refractivity contribution in [3.8, 4) is 0 Å². The summed E-state index contributed by atoms with van der Waals surface area (Å²) in [5, 5.41) is 22.1. The first-order chi connectivity index (χ1) is 13.2. The smallest absolute Gasteiger partial charge is 0.238 e. The van der Waals surface area contributed by atoms with Crippen LogP contribution in [0.25, 0.3) is 0 Å². The van der Waals surface area contributed by atoms with Gasteiger partial charge in [0.25, 0.3) is 0 Å². The Morgan fingerprint density at radius 1 is 1.34 bits per heavy atom. The van der Waals surface area contributed by atoms with Crippen molar-refractivity contribution >= 4 is 40.0 Å². The van der Waals surface area contributed by atoms with E-state index in [9.17, 15) is 13.5 Å². The van der Waals surface area contributed by atoms with Crippen LogP contribution in [0.2, 0.25) is 0 Å². The third-order valence-corrected chi connectivity index (χ3v) is 5.21. The van der Waals surface area contributed by atoms with Crippen LogP contribution in [-0.2, 0) is 21.3 Å². The number of nitrogens with zero attached hydrogens (tertiary/aromatic N) is 2. The number of primary sulfonamides is 1. The normalized spacial score (nSPS) is 17.9. The molecule has 1 aliphatic heterocycles. The zero-order chi connectivity index (χ0) is 20.6. The highest BCUT2D eigenvalue weighted by atomic mass is 127. The number of nitrogens with two attached hydrogens (primary N) is 1. The van der Waals surface area contributed by atoms with Gasteiger partial charge in [0.05, 0.1) is 30.3 Å². The van der Waals surface area contributed by atoms with Crippen LogP contribution < -0.4 is 15.8 Å². The summed E-state index contributed by atoms with van der Waals surface area (Å²) in [5.41, 5.74) is -0.204. The van der Waals surface area contributed by atoms with Gasteiger partial charge in [0, 0.05) is 32.7 Å². The first-order valence-electron chi connectivity index (χ1n) is 9.36. The summed E-state index contributed by atoms with van der Waals surface area (Å²) in [6, 6.07) is 6.39. The zero-order valence-electron chi connectivity index (χ0n) is 16.9. The Morgan fingerprint density at radius 3 is 2.66 bits per heavy atom. The minimum absolute atomic E-state index is 0. The molecule has 5 N–H and O–H groups in total. The monoisotopic (exact) mass is 541 g/mol. The molecule has 1 aromatic carbocycles. The first kappa shape index (κ1) is 26.0. The van der Waals surface area contributed by atoms with Crippen LogP contribution in [-0.4, -0.2) is 75.9 Å². The molecular weight excluding hydrogens is 509 g/mol. The highest BCUT2D eigenvalue weighted by Crippen LogP contribution is 2.11. The number of sulfonamides is 1. The van der Waals surface area contributed by atoms with Crippen molar-refractivity contribution in [2.24, 2.45) is 10.1 Å². The third kappa shape index (κ3) is 9.57. The molecule has 0 aromatic heterocycles. The zero-order valence-corrected chi connectivity index (χ0v) is 20.1. The molecule has 0 radical (unpaired) electrons. The molecule has 2 rings (SSSR count). The van der Waals surface area contributed by atoms with E-state index in [1.54, 1.807) is 19.1 Å². The average molecular weight is 541 g/mol. The molecule has 29 heavy (non-hydrogen) atoms.